The first kappa shape index (κ1) is 25.1. The molecule has 0 aliphatic heterocycles. The molecule has 7 nitrogen and oxygen atoms in total. The Labute approximate surface area is 196 Å². The predicted octanol–water partition coefficient (Wildman–Crippen LogP) is 4.63. The molecule has 0 saturated heterocycles. The fourth-order valence-electron chi connectivity index (χ4n) is 2.55. The second-order valence-corrected chi connectivity index (χ2v) is 8.85. The van der Waals surface area contributed by atoms with Gasteiger partial charge in [-0.2, -0.15) is 0 Å². The molecule has 2 rings (SSSR count). The van der Waals surface area contributed by atoms with Crippen molar-refractivity contribution in [3.63, 3.8) is 0 Å². The molecule has 0 saturated carbocycles. The van der Waals surface area contributed by atoms with Crippen LogP contribution in [0.3, 0.4) is 0 Å². The smallest absolute Gasteiger partial charge is 0.407 e. The van der Waals surface area contributed by atoms with Crippen LogP contribution in [0.2, 0.25) is 0 Å². The van der Waals surface area contributed by atoms with Gasteiger partial charge in [-0.15, -0.1) is 0 Å². The fourth-order valence-corrected chi connectivity index (χ4v) is 2.96. The van der Waals surface area contributed by atoms with Gasteiger partial charge >= 0.3 is 6.09 Å². The highest BCUT2D eigenvalue weighted by molar-refractivity contribution is 9.10. The zero-order valence-corrected chi connectivity index (χ0v) is 20.0. The van der Waals surface area contributed by atoms with E-state index in [1.54, 1.807) is 39.0 Å². The highest BCUT2D eigenvalue weighted by Crippen LogP contribution is 2.17. The molecule has 0 aliphatic rings. The number of amides is 3. The third-order valence-electron chi connectivity index (χ3n) is 4.05. The van der Waals surface area contributed by atoms with Crippen LogP contribution in [-0.4, -0.2) is 30.1 Å². The van der Waals surface area contributed by atoms with E-state index in [1.807, 2.05) is 36.4 Å². The molecule has 0 atom stereocenters. The Morgan fingerprint density at radius 3 is 2.34 bits per heavy atom. The number of alkyl carbamates (subject to hydrolysis) is 1. The van der Waals surface area contributed by atoms with E-state index in [2.05, 4.69) is 31.9 Å². The van der Waals surface area contributed by atoms with Crippen molar-refractivity contribution in [2.24, 2.45) is 0 Å². The highest BCUT2D eigenvalue weighted by Gasteiger charge is 2.15. The molecule has 3 N–H and O–H groups in total. The maximum atomic E-state index is 12.1. The first-order valence-corrected chi connectivity index (χ1v) is 11.0. The van der Waals surface area contributed by atoms with Crippen molar-refractivity contribution in [2.75, 3.05) is 11.9 Å². The van der Waals surface area contributed by atoms with Crippen LogP contribution in [0.25, 0.3) is 6.08 Å². The Morgan fingerprint density at radius 1 is 1.00 bits per heavy atom. The molecule has 8 heteroatoms. The Balaban J connectivity index is 1.72. The molecule has 170 valence electrons. The Hall–Kier alpha value is -3.13. The van der Waals surface area contributed by atoms with Gasteiger partial charge in [0.05, 0.1) is 0 Å². The lowest BCUT2D eigenvalue weighted by Gasteiger charge is -2.19. The third kappa shape index (κ3) is 9.78. The summed E-state index contributed by atoms with van der Waals surface area (Å²) >= 11 is 3.44. The van der Waals surface area contributed by atoms with Crippen molar-refractivity contribution in [1.82, 2.24) is 10.6 Å². The number of carbonyl (C=O) groups excluding carboxylic acids is 3. The SMILES string of the molecule is CC(C)(C)OC(=O)NCCC(=O)NCc1ccc(NC(=O)/C=C/c2ccccc2Br)cc1. The third-order valence-corrected chi connectivity index (χ3v) is 4.77. The van der Waals surface area contributed by atoms with E-state index in [-0.39, 0.29) is 24.8 Å². The van der Waals surface area contributed by atoms with Crippen LogP contribution in [0.1, 0.15) is 38.3 Å². The summed E-state index contributed by atoms with van der Waals surface area (Å²) in [4.78, 5) is 35.6. The molecule has 2 aromatic rings. The molecule has 0 bridgehead atoms. The van der Waals surface area contributed by atoms with Crippen LogP contribution in [0.15, 0.2) is 59.1 Å². The van der Waals surface area contributed by atoms with Crippen molar-refractivity contribution in [2.45, 2.75) is 39.3 Å². The molecule has 0 radical (unpaired) electrons. The van der Waals surface area contributed by atoms with Crippen LogP contribution < -0.4 is 16.0 Å². The normalized spacial score (nSPS) is 11.1. The van der Waals surface area contributed by atoms with E-state index in [4.69, 9.17) is 4.74 Å². The first-order valence-electron chi connectivity index (χ1n) is 10.2. The zero-order chi connectivity index (χ0) is 23.6. The average Bonchev–Trinajstić information content (AvgIpc) is 2.71. The topological polar surface area (TPSA) is 96.5 Å². The largest absolute Gasteiger partial charge is 0.444 e. The minimum atomic E-state index is -0.576. The van der Waals surface area contributed by atoms with Crippen LogP contribution in [-0.2, 0) is 20.9 Å². The van der Waals surface area contributed by atoms with Crippen molar-refractivity contribution in [3.8, 4) is 0 Å². The standard InChI is InChI=1S/C24H28BrN3O4/c1-24(2,3)32-23(31)26-15-14-21(29)27-16-17-8-11-19(12-9-17)28-22(30)13-10-18-6-4-5-7-20(18)25/h4-13H,14-16H2,1-3H3,(H,26,31)(H,27,29)(H,28,30)/b13-10+. The van der Waals surface area contributed by atoms with Gasteiger partial charge in [-0.05, 0) is 56.2 Å². The van der Waals surface area contributed by atoms with Gasteiger partial charge in [0, 0.05) is 35.7 Å². The Kier molecular flexibility index (Phi) is 9.46. The quantitative estimate of drug-likeness (QED) is 0.459. The minimum Gasteiger partial charge on any atom is -0.444 e. The molecule has 0 spiro atoms. The predicted molar refractivity (Wildman–Crippen MR) is 129 cm³/mol. The van der Waals surface area contributed by atoms with Gasteiger partial charge in [-0.25, -0.2) is 4.79 Å². The van der Waals surface area contributed by atoms with E-state index in [0.29, 0.717) is 12.2 Å². The molecule has 2 aromatic carbocycles. The number of benzene rings is 2. The minimum absolute atomic E-state index is 0.150. The van der Waals surface area contributed by atoms with Gasteiger partial charge in [0.25, 0.3) is 0 Å². The summed E-state index contributed by atoms with van der Waals surface area (Å²) < 4.78 is 6.03. The highest BCUT2D eigenvalue weighted by atomic mass is 79.9. The van der Waals surface area contributed by atoms with Crippen molar-refractivity contribution < 1.29 is 19.1 Å². The van der Waals surface area contributed by atoms with Crippen molar-refractivity contribution >= 4 is 45.6 Å². The molecular weight excluding hydrogens is 474 g/mol. The lowest BCUT2D eigenvalue weighted by Crippen LogP contribution is -2.35. The van der Waals surface area contributed by atoms with Gasteiger partial charge in [0.1, 0.15) is 5.60 Å². The van der Waals surface area contributed by atoms with Crippen molar-refractivity contribution in [3.05, 3.63) is 70.2 Å². The summed E-state index contributed by atoms with van der Waals surface area (Å²) in [7, 11) is 0. The number of carbonyl (C=O) groups is 3. The summed E-state index contributed by atoms with van der Waals surface area (Å²) in [6, 6.07) is 14.8. The number of rotatable bonds is 8. The molecule has 0 aromatic heterocycles. The van der Waals surface area contributed by atoms with Gasteiger partial charge in [-0.3, -0.25) is 9.59 Å². The molecule has 32 heavy (non-hydrogen) atoms. The molecular formula is C24H28BrN3O4. The van der Waals surface area contributed by atoms with Gasteiger partial charge < -0.3 is 20.7 Å². The van der Waals surface area contributed by atoms with Crippen LogP contribution in [0.5, 0.6) is 0 Å². The number of ether oxygens (including phenoxy) is 1. The van der Waals surface area contributed by atoms with Crippen LogP contribution in [0, 0.1) is 0 Å². The van der Waals surface area contributed by atoms with E-state index in [1.165, 1.54) is 6.08 Å². The van der Waals surface area contributed by atoms with E-state index in [9.17, 15) is 14.4 Å². The molecule has 0 aliphatic carbocycles. The number of halogens is 1. The Morgan fingerprint density at radius 2 is 1.69 bits per heavy atom. The lowest BCUT2D eigenvalue weighted by molar-refractivity contribution is -0.121. The maximum Gasteiger partial charge on any atom is 0.407 e. The lowest BCUT2D eigenvalue weighted by atomic mass is 10.2. The molecule has 0 heterocycles. The molecule has 3 amide bonds. The van der Waals surface area contributed by atoms with E-state index < -0.39 is 11.7 Å². The zero-order valence-electron chi connectivity index (χ0n) is 18.4. The Bertz CT molecular complexity index is 966. The van der Waals surface area contributed by atoms with E-state index >= 15 is 0 Å². The second-order valence-electron chi connectivity index (χ2n) is 8.00. The van der Waals surface area contributed by atoms with Crippen LogP contribution in [0.4, 0.5) is 10.5 Å². The average molecular weight is 502 g/mol. The summed E-state index contributed by atoms with van der Waals surface area (Å²) in [5.41, 5.74) is 1.88. The number of hydrogen-bond donors (Lipinski definition) is 3. The van der Waals surface area contributed by atoms with Crippen LogP contribution >= 0.6 is 15.9 Å². The number of hydrogen-bond acceptors (Lipinski definition) is 4. The first-order chi connectivity index (χ1) is 15.1. The number of nitrogens with one attached hydrogen (secondary N) is 3. The summed E-state index contributed by atoms with van der Waals surface area (Å²) in [5.74, 6) is -0.421. The fraction of sp³-hybridized carbons (Fsp3) is 0.292. The van der Waals surface area contributed by atoms with Gasteiger partial charge in [0.15, 0.2) is 0 Å². The molecule has 0 unspecified atom stereocenters. The second kappa shape index (κ2) is 12.0. The van der Waals surface area contributed by atoms with Gasteiger partial charge in [-0.1, -0.05) is 46.3 Å². The summed E-state index contributed by atoms with van der Waals surface area (Å²) in [6.07, 6.45) is 2.81. The summed E-state index contributed by atoms with van der Waals surface area (Å²) in [6.45, 7) is 5.86. The number of anilines is 1. The molecule has 0 fully saturated rings. The monoisotopic (exact) mass is 501 g/mol. The summed E-state index contributed by atoms with van der Waals surface area (Å²) in [5, 5.41) is 8.14. The van der Waals surface area contributed by atoms with Gasteiger partial charge in [0.2, 0.25) is 11.8 Å². The van der Waals surface area contributed by atoms with Crippen molar-refractivity contribution in [1.29, 1.82) is 0 Å². The van der Waals surface area contributed by atoms with E-state index in [0.717, 1.165) is 15.6 Å². The maximum absolute atomic E-state index is 12.1.